The van der Waals surface area contributed by atoms with Gasteiger partial charge in [0, 0.05) is 31.4 Å². The van der Waals surface area contributed by atoms with Gasteiger partial charge < -0.3 is 13.9 Å². The van der Waals surface area contributed by atoms with E-state index in [2.05, 4.69) is 16.9 Å². The van der Waals surface area contributed by atoms with E-state index in [-0.39, 0.29) is 0 Å². The third-order valence-electron chi connectivity index (χ3n) is 4.44. The van der Waals surface area contributed by atoms with Gasteiger partial charge in [0.2, 0.25) is 5.89 Å². The van der Waals surface area contributed by atoms with E-state index in [4.69, 9.17) is 13.9 Å². The van der Waals surface area contributed by atoms with Crippen molar-refractivity contribution in [2.24, 2.45) is 0 Å². The first kappa shape index (κ1) is 16.0. The van der Waals surface area contributed by atoms with Gasteiger partial charge in [-0.2, -0.15) is 0 Å². The lowest BCUT2D eigenvalue weighted by Crippen LogP contribution is -2.36. The first-order valence-corrected chi connectivity index (χ1v) is 8.06. The summed E-state index contributed by atoms with van der Waals surface area (Å²) in [5.74, 6) is 2.38. The molecule has 0 atom stereocenters. The molecule has 0 unspecified atom stereocenters. The van der Waals surface area contributed by atoms with E-state index in [1.54, 1.807) is 7.11 Å². The van der Waals surface area contributed by atoms with Crippen LogP contribution in [0.25, 0.3) is 11.5 Å². The van der Waals surface area contributed by atoms with Crippen molar-refractivity contribution in [1.82, 2.24) is 9.88 Å². The Morgan fingerprint density at radius 2 is 1.91 bits per heavy atom. The van der Waals surface area contributed by atoms with Crippen molar-refractivity contribution >= 4 is 0 Å². The van der Waals surface area contributed by atoms with Crippen LogP contribution in [0, 0.1) is 6.92 Å². The maximum Gasteiger partial charge on any atom is 0.226 e. The average Bonchev–Trinajstić information content (AvgIpc) is 2.96. The average molecular weight is 316 g/mol. The highest BCUT2D eigenvalue weighted by molar-refractivity contribution is 5.55. The quantitative estimate of drug-likeness (QED) is 0.847. The van der Waals surface area contributed by atoms with Gasteiger partial charge in [-0.15, -0.1) is 0 Å². The maximum atomic E-state index is 5.86. The van der Waals surface area contributed by atoms with Crippen LogP contribution in [-0.4, -0.2) is 43.3 Å². The molecule has 0 aliphatic carbocycles. The normalized spacial score (nSPS) is 16.0. The van der Waals surface area contributed by atoms with E-state index < -0.39 is 0 Å². The molecule has 0 bridgehead atoms. The van der Waals surface area contributed by atoms with Crippen LogP contribution in [0.1, 0.15) is 24.3 Å². The summed E-state index contributed by atoms with van der Waals surface area (Å²) in [4.78, 5) is 7.04. The standard InChI is InChI=1S/C18H24N2O3/c1-13-17(12-20(2)15-8-10-22-11-9-15)19-18(23-13)14-4-6-16(21-3)7-5-14/h4-7,15H,8-12H2,1-3H3. The second-order valence-corrected chi connectivity index (χ2v) is 6.01. The predicted octanol–water partition coefficient (Wildman–Crippen LogP) is 3.27. The van der Waals surface area contributed by atoms with Crippen LogP contribution in [0.3, 0.4) is 0 Å². The molecule has 0 N–H and O–H groups in total. The molecule has 5 heteroatoms. The Labute approximate surface area is 137 Å². The fourth-order valence-electron chi connectivity index (χ4n) is 2.92. The molecule has 1 aliphatic rings. The zero-order valence-electron chi connectivity index (χ0n) is 14.0. The molecule has 1 aliphatic heterocycles. The molecule has 0 spiro atoms. The van der Waals surface area contributed by atoms with Gasteiger partial charge in [0.25, 0.3) is 0 Å². The minimum atomic E-state index is 0.560. The van der Waals surface area contributed by atoms with Gasteiger partial charge in [0.05, 0.1) is 12.8 Å². The van der Waals surface area contributed by atoms with Crippen LogP contribution in [0.4, 0.5) is 0 Å². The molecule has 2 heterocycles. The molecule has 0 saturated carbocycles. The van der Waals surface area contributed by atoms with Crippen molar-refractivity contribution in [2.75, 3.05) is 27.4 Å². The number of benzene rings is 1. The molecular weight excluding hydrogens is 292 g/mol. The van der Waals surface area contributed by atoms with Gasteiger partial charge in [-0.05, 0) is 51.1 Å². The van der Waals surface area contributed by atoms with Crippen molar-refractivity contribution in [1.29, 1.82) is 0 Å². The number of rotatable bonds is 5. The number of methoxy groups -OCH3 is 1. The summed E-state index contributed by atoms with van der Waals surface area (Å²) in [5.41, 5.74) is 1.97. The van der Waals surface area contributed by atoms with E-state index in [0.717, 1.165) is 55.4 Å². The van der Waals surface area contributed by atoms with Crippen molar-refractivity contribution in [2.45, 2.75) is 32.4 Å². The highest BCUT2D eigenvalue weighted by atomic mass is 16.5. The lowest BCUT2D eigenvalue weighted by atomic mass is 10.1. The largest absolute Gasteiger partial charge is 0.497 e. The first-order valence-electron chi connectivity index (χ1n) is 8.06. The van der Waals surface area contributed by atoms with E-state index in [0.29, 0.717) is 11.9 Å². The van der Waals surface area contributed by atoms with E-state index in [9.17, 15) is 0 Å². The molecule has 1 fully saturated rings. The number of oxazole rings is 1. The number of nitrogens with zero attached hydrogens (tertiary/aromatic N) is 2. The Hall–Kier alpha value is -1.85. The molecular formula is C18H24N2O3. The summed E-state index contributed by atoms with van der Waals surface area (Å²) >= 11 is 0. The van der Waals surface area contributed by atoms with Gasteiger partial charge in [-0.25, -0.2) is 4.98 Å². The lowest BCUT2D eigenvalue weighted by molar-refractivity contribution is 0.0402. The highest BCUT2D eigenvalue weighted by Gasteiger charge is 2.21. The molecule has 2 aromatic rings. The molecule has 0 radical (unpaired) electrons. The van der Waals surface area contributed by atoms with Crippen molar-refractivity contribution in [3.05, 3.63) is 35.7 Å². The van der Waals surface area contributed by atoms with Gasteiger partial charge >= 0.3 is 0 Å². The van der Waals surface area contributed by atoms with Gasteiger partial charge in [-0.3, -0.25) is 4.90 Å². The molecule has 1 aromatic carbocycles. The maximum absolute atomic E-state index is 5.86. The van der Waals surface area contributed by atoms with Crippen LogP contribution in [-0.2, 0) is 11.3 Å². The Morgan fingerprint density at radius 1 is 1.22 bits per heavy atom. The zero-order valence-corrected chi connectivity index (χ0v) is 14.0. The van der Waals surface area contributed by atoms with Gasteiger partial charge in [0.1, 0.15) is 11.5 Å². The number of aryl methyl sites for hydroxylation is 1. The van der Waals surface area contributed by atoms with Crippen molar-refractivity contribution < 1.29 is 13.9 Å². The monoisotopic (exact) mass is 316 g/mol. The summed E-state index contributed by atoms with van der Waals surface area (Å²) in [5, 5.41) is 0. The highest BCUT2D eigenvalue weighted by Crippen LogP contribution is 2.25. The van der Waals surface area contributed by atoms with E-state index in [1.807, 2.05) is 31.2 Å². The van der Waals surface area contributed by atoms with E-state index >= 15 is 0 Å². The molecule has 0 amide bonds. The van der Waals surface area contributed by atoms with Crippen molar-refractivity contribution in [3.63, 3.8) is 0 Å². The topological polar surface area (TPSA) is 47.7 Å². The second-order valence-electron chi connectivity index (χ2n) is 6.01. The van der Waals surface area contributed by atoms with Crippen LogP contribution in [0.2, 0.25) is 0 Å². The first-order chi connectivity index (χ1) is 11.2. The number of hydrogen-bond donors (Lipinski definition) is 0. The zero-order chi connectivity index (χ0) is 16.2. The SMILES string of the molecule is COc1ccc(-c2nc(CN(C)C3CCOCC3)c(C)o2)cc1. The Balaban J connectivity index is 1.72. The van der Waals surface area contributed by atoms with Crippen LogP contribution in [0.5, 0.6) is 5.75 Å². The number of ether oxygens (including phenoxy) is 2. The fraction of sp³-hybridized carbons (Fsp3) is 0.500. The van der Waals surface area contributed by atoms with Gasteiger partial charge in [-0.1, -0.05) is 0 Å². The Kier molecular flexibility index (Phi) is 4.98. The van der Waals surface area contributed by atoms with Crippen LogP contribution in [0.15, 0.2) is 28.7 Å². The summed E-state index contributed by atoms with van der Waals surface area (Å²) in [6, 6.07) is 8.33. The van der Waals surface area contributed by atoms with E-state index in [1.165, 1.54) is 0 Å². The molecule has 1 saturated heterocycles. The third kappa shape index (κ3) is 3.74. The van der Waals surface area contributed by atoms with Gasteiger partial charge in [0.15, 0.2) is 0 Å². The number of aromatic nitrogens is 1. The summed E-state index contributed by atoms with van der Waals surface area (Å²) in [6.45, 7) is 4.48. The summed E-state index contributed by atoms with van der Waals surface area (Å²) in [7, 11) is 3.81. The molecule has 124 valence electrons. The summed E-state index contributed by atoms with van der Waals surface area (Å²) in [6.07, 6.45) is 2.16. The Morgan fingerprint density at radius 3 is 2.57 bits per heavy atom. The number of hydrogen-bond acceptors (Lipinski definition) is 5. The predicted molar refractivity (Wildman–Crippen MR) is 88.5 cm³/mol. The lowest BCUT2D eigenvalue weighted by Gasteiger charge is -2.30. The third-order valence-corrected chi connectivity index (χ3v) is 4.44. The molecule has 23 heavy (non-hydrogen) atoms. The Bertz CT molecular complexity index is 630. The fourth-order valence-corrected chi connectivity index (χ4v) is 2.92. The molecule has 3 rings (SSSR count). The minimum absolute atomic E-state index is 0.560. The van der Waals surface area contributed by atoms with Crippen molar-refractivity contribution in [3.8, 4) is 17.2 Å². The molecule has 5 nitrogen and oxygen atoms in total. The van der Waals surface area contributed by atoms with Crippen LogP contribution < -0.4 is 4.74 Å². The second kappa shape index (κ2) is 7.15. The smallest absolute Gasteiger partial charge is 0.226 e. The molecule has 1 aromatic heterocycles. The minimum Gasteiger partial charge on any atom is -0.497 e. The van der Waals surface area contributed by atoms with Crippen LogP contribution >= 0.6 is 0 Å². The summed E-state index contributed by atoms with van der Waals surface area (Å²) < 4.78 is 16.5.